The molecular formula is C25H23N3O6. The van der Waals surface area contributed by atoms with Gasteiger partial charge in [-0.1, -0.05) is 13.5 Å². The van der Waals surface area contributed by atoms with Gasteiger partial charge in [-0.15, -0.1) is 0 Å². The van der Waals surface area contributed by atoms with Gasteiger partial charge in [-0.3, -0.25) is 4.79 Å². The maximum absolute atomic E-state index is 13.5. The molecule has 0 amide bonds. The predicted octanol–water partition coefficient (Wildman–Crippen LogP) is 2.17. The molecular weight excluding hydrogens is 438 g/mol. The van der Waals surface area contributed by atoms with E-state index in [-0.39, 0.29) is 43.1 Å². The summed E-state index contributed by atoms with van der Waals surface area (Å²) in [6, 6.07) is 5.41. The Morgan fingerprint density at radius 3 is 2.71 bits per heavy atom. The molecule has 5 heterocycles. The van der Waals surface area contributed by atoms with E-state index in [4.69, 9.17) is 24.9 Å². The van der Waals surface area contributed by atoms with Gasteiger partial charge in [0.1, 0.15) is 6.61 Å². The van der Waals surface area contributed by atoms with Gasteiger partial charge in [0.25, 0.3) is 5.56 Å². The molecule has 0 fully saturated rings. The van der Waals surface area contributed by atoms with Gasteiger partial charge in [0.2, 0.25) is 6.79 Å². The highest BCUT2D eigenvalue weighted by atomic mass is 16.7. The first kappa shape index (κ1) is 20.9. The molecule has 0 aliphatic carbocycles. The number of carbonyl (C=O) groups is 1. The SMILES string of the molecule is C=C(CCN)c1c2c(nc3cc4c(cc13)OCO4)-c1cc3c(c(=O)n1C2)COC(=O)[C@]3(O)CC. The molecule has 0 radical (unpaired) electrons. The molecule has 0 saturated heterocycles. The Morgan fingerprint density at radius 1 is 1.21 bits per heavy atom. The molecule has 9 heteroatoms. The largest absolute Gasteiger partial charge is 0.458 e. The number of pyridine rings is 2. The third-order valence-corrected chi connectivity index (χ3v) is 6.98. The van der Waals surface area contributed by atoms with Crippen molar-refractivity contribution in [2.45, 2.75) is 38.5 Å². The van der Waals surface area contributed by atoms with E-state index in [0.29, 0.717) is 41.4 Å². The van der Waals surface area contributed by atoms with Crippen LogP contribution in [0.1, 0.15) is 42.0 Å². The number of fused-ring (bicyclic) bond motifs is 6. The fraction of sp³-hybridized carbons (Fsp3) is 0.320. The fourth-order valence-electron chi connectivity index (χ4n) is 5.17. The van der Waals surface area contributed by atoms with Crippen molar-refractivity contribution in [2.24, 2.45) is 5.73 Å². The summed E-state index contributed by atoms with van der Waals surface area (Å²) < 4.78 is 17.9. The first-order valence-electron chi connectivity index (χ1n) is 11.2. The van der Waals surface area contributed by atoms with E-state index in [1.54, 1.807) is 17.6 Å². The highest BCUT2D eigenvalue weighted by Crippen LogP contribution is 2.44. The molecule has 174 valence electrons. The number of esters is 1. The van der Waals surface area contributed by atoms with Crippen molar-refractivity contribution in [1.29, 1.82) is 0 Å². The molecule has 9 nitrogen and oxygen atoms in total. The Kier molecular flexibility index (Phi) is 4.39. The summed E-state index contributed by atoms with van der Waals surface area (Å²) in [5.41, 5.74) is 8.60. The van der Waals surface area contributed by atoms with Crippen molar-refractivity contribution >= 4 is 22.4 Å². The van der Waals surface area contributed by atoms with Crippen LogP contribution in [0.5, 0.6) is 11.5 Å². The van der Waals surface area contributed by atoms with Gasteiger partial charge in [-0.25, -0.2) is 9.78 Å². The van der Waals surface area contributed by atoms with Crippen LogP contribution in [-0.4, -0.2) is 34.0 Å². The summed E-state index contributed by atoms with van der Waals surface area (Å²) in [6.07, 6.45) is 0.654. The second-order valence-electron chi connectivity index (χ2n) is 8.78. The van der Waals surface area contributed by atoms with Crippen LogP contribution < -0.4 is 20.8 Å². The van der Waals surface area contributed by atoms with Gasteiger partial charge < -0.3 is 29.6 Å². The van der Waals surface area contributed by atoms with E-state index < -0.39 is 11.6 Å². The minimum Gasteiger partial charge on any atom is -0.458 e. The molecule has 3 aromatic rings. The van der Waals surface area contributed by atoms with Crippen molar-refractivity contribution in [3.63, 3.8) is 0 Å². The zero-order valence-corrected chi connectivity index (χ0v) is 18.6. The molecule has 0 spiro atoms. The fourth-order valence-corrected chi connectivity index (χ4v) is 5.17. The average Bonchev–Trinajstić information content (AvgIpc) is 3.43. The molecule has 3 N–H and O–H groups in total. The van der Waals surface area contributed by atoms with Crippen LogP contribution in [0.2, 0.25) is 0 Å². The van der Waals surface area contributed by atoms with Gasteiger partial charge in [-0.2, -0.15) is 0 Å². The van der Waals surface area contributed by atoms with Crippen LogP contribution >= 0.6 is 0 Å². The summed E-state index contributed by atoms with van der Waals surface area (Å²) in [6.45, 7) is 6.63. The quantitative estimate of drug-likeness (QED) is 0.443. The predicted molar refractivity (Wildman–Crippen MR) is 123 cm³/mol. The molecule has 0 saturated carbocycles. The summed E-state index contributed by atoms with van der Waals surface area (Å²) in [7, 11) is 0. The van der Waals surface area contributed by atoms with Crippen LogP contribution in [0.3, 0.4) is 0 Å². The molecule has 34 heavy (non-hydrogen) atoms. The highest BCUT2D eigenvalue weighted by Gasteiger charge is 2.45. The number of hydrogen-bond acceptors (Lipinski definition) is 8. The average molecular weight is 461 g/mol. The number of aromatic nitrogens is 2. The maximum atomic E-state index is 13.5. The van der Waals surface area contributed by atoms with Crippen LogP contribution in [0.15, 0.2) is 29.6 Å². The highest BCUT2D eigenvalue weighted by molar-refractivity contribution is 5.98. The Morgan fingerprint density at radius 2 is 1.97 bits per heavy atom. The molecule has 3 aliphatic heterocycles. The van der Waals surface area contributed by atoms with Crippen molar-refractivity contribution in [2.75, 3.05) is 13.3 Å². The molecule has 3 aliphatic rings. The lowest BCUT2D eigenvalue weighted by Gasteiger charge is -2.31. The first-order chi connectivity index (χ1) is 16.4. The minimum atomic E-state index is -1.88. The Bertz CT molecular complexity index is 1490. The molecule has 2 aromatic heterocycles. The third-order valence-electron chi connectivity index (χ3n) is 6.98. The van der Waals surface area contributed by atoms with Gasteiger partial charge in [0.05, 0.1) is 29.0 Å². The summed E-state index contributed by atoms with van der Waals surface area (Å²) >= 11 is 0. The lowest BCUT2D eigenvalue weighted by atomic mass is 9.86. The lowest BCUT2D eigenvalue weighted by Crippen LogP contribution is -2.44. The van der Waals surface area contributed by atoms with Gasteiger partial charge in [-0.05, 0) is 42.7 Å². The summed E-state index contributed by atoms with van der Waals surface area (Å²) in [4.78, 5) is 30.8. The second kappa shape index (κ2) is 7.15. The number of nitrogens with two attached hydrogens (primary N) is 1. The number of carbonyl (C=O) groups excluding carboxylic acids is 1. The zero-order chi connectivity index (χ0) is 23.8. The Labute approximate surface area is 194 Å². The van der Waals surface area contributed by atoms with Crippen molar-refractivity contribution in [3.05, 3.63) is 57.4 Å². The van der Waals surface area contributed by atoms with Gasteiger partial charge in [0.15, 0.2) is 17.1 Å². The molecule has 1 aromatic carbocycles. The van der Waals surface area contributed by atoms with E-state index in [2.05, 4.69) is 6.58 Å². The number of aliphatic hydroxyl groups is 1. The zero-order valence-electron chi connectivity index (χ0n) is 18.6. The number of benzene rings is 1. The van der Waals surface area contributed by atoms with Gasteiger partial charge in [0, 0.05) is 22.6 Å². The third kappa shape index (κ3) is 2.65. The molecule has 6 rings (SSSR count). The van der Waals surface area contributed by atoms with Crippen LogP contribution in [0, 0.1) is 0 Å². The standard InChI is InChI=1S/C25H23N3O6/c1-3-25(31)16-7-18-22-14(9-28(18)23(29)15(16)10-32-24(25)30)21(12(2)4-5-26)13-6-19-20(34-11-33-19)8-17(13)27-22/h6-8,31H,2-5,9-11,26H2,1H3/t25-/m0/s1. The van der Waals surface area contributed by atoms with Crippen LogP contribution in [-0.2, 0) is 28.3 Å². The second-order valence-corrected chi connectivity index (χ2v) is 8.78. The number of rotatable bonds is 4. The van der Waals surface area contributed by atoms with Crippen molar-refractivity contribution in [3.8, 4) is 22.9 Å². The van der Waals surface area contributed by atoms with Crippen molar-refractivity contribution < 1.29 is 24.1 Å². The number of nitrogens with zero attached hydrogens (tertiary/aromatic N) is 2. The minimum absolute atomic E-state index is 0.0851. The van der Waals surface area contributed by atoms with Crippen molar-refractivity contribution in [1.82, 2.24) is 9.55 Å². The Hall–Kier alpha value is -3.69. The normalized spacial score (nSPS) is 19.6. The molecule has 0 bridgehead atoms. The lowest BCUT2D eigenvalue weighted by molar-refractivity contribution is -0.172. The van der Waals surface area contributed by atoms with Gasteiger partial charge >= 0.3 is 5.97 Å². The first-order valence-corrected chi connectivity index (χ1v) is 11.2. The summed E-state index contributed by atoms with van der Waals surface area (Å²) in [5, 5.41) is 11.9. The Balaban J connectivity index is 1.66. The van der Waals surface area contributed by atoms with E-state index in [1.807, 2.05) is 12.1 Å². The van der Waals surface area contributed by atoms with E-state index in [9.17, 15) is 14.7 Å². The van der Waals surface area contributed by atoms with Crippen LogP contribution in [0.4, 0.5) is 0 Å². The van der Waals surface area contributed by atoms with E-state index in [1.165, 1.54) is 0 Å². The smallest absolute Gasteiger partial charge is 0.343 e. The van der Waals surface area contributed by atoms with E-state index in [0.717, 1.165) is 22.1 Å². The molecule has 0 unspecified atom stereocenters. The summed E-state index contributed by atoms with van der Waals surface area (Å²) in [5.74, 6) is 0.475. The maximum Gasteiger partial charge on any atom is 0.343 e. The van der Waals surface area contributed by atoms with Crippen LogP contribution in [0.25, 0.3) is 27.9 Å². The number of ether oxygens (including phenoxy) is 3. The number of cyclic esters (lactones) is 1. The topological polar surface area (TPSA) is 126 Å². The number of hydrogen-bond donors (Lipinski definition) is 2. The molecule has 1 atom stereocenters. The van der Waals surface area contributed by atoms with E-state index >= 15 is 0 Å². The monoisotopic (exact) mass is 461 g/mol.